The Morgan fingerprint density at radius 3 is 3.00 bits per heavy atom. The van der Waals surface area contributed by atoms with Gasteiger partial charge in [-0.05, 0) is 18.6 Å². The van der Waals surface area contributed by atoms with E-state index in [0.717, 1.165) is 5.56 Å². The third kappa shape index (κ3) is 1.16. The van der Waals surface area contributed by atoms with Crippen LogP contribution in [0.3, 0.4) is 0 Å². The molecule has 4 heteroatoms. The molecule has 0 spiro atoms. The van der Waals surface area contributed by atoms with Crippen LogP contribution in [-0.4, -0.2) is 18.2 Å². The van der Waals surface area contributed by atoms with Gasteiger partial charge in [-0.25, -0.2) is 4.79 Å². The van der Waals surface area contributed by atoms with Crippen LogP contribution in [0.1, 0.15) is 15.9 Å². The summed E-state index contributed by atoms with van der Waals surface area (Å²) in [6.07, 6.45) is 1.52. The molecule has 0 unspecified atom stereocenters. The highest BCUT2D eigenvalue weighted by Crippen LogP contribution is 2.22. The zero-order valence-electron chi connectivity index (χ0n) is 7.90. The minimum absolute atomic E-state index is 0.365. The van der Waals surface area contributed by atoms with Gasteiger partial charge in [0.25, 0.3) is 0 Å². The maximum atomic E-state index is 11.5. The smallest absolute Gasteiger partial charge is 0.338 e. The van der Waals surface area contributed by atoms with Crippen LogP contribution in [0.4, 0.5) is 0 Å². The van der Waals surface area contributed by atoms with Crippen molar-refractivity contribution >= 4 is 16.9 Å². The number of rotatable bonds is 1. The van der Waals surface area contributed by atoms with Gasteiger partial charge in [-0.2, -0.15) is 0 Å². The molecular formula is C10H9NO3. The molecule has 1 aromatic carbocycles. The Morgan fingerprint density at radius 1 is 1.50 bits per heavy atom. The number of methoxy groups -OCH3 is 1. The van der Waals surface area contributed by atoms with E-state index in [4.69, 9.17) is 4.52 Å². The Labute approximate surface area is 80.4 Å². The van der Waals surface area contributed by atoms with Crippen molar-refractivity contribution in [2.24, 2.45) is 0 Å². The first-order valence-corrected chi connectivity index (χ1v) is 4.16. The van der Waals surface area contributed by atoms with Gasteiger partial charge in [-0.3, -0.25) is 0 Å². The first-order chi connectivity index (χ1) is 6.74. The predicted octanol–water partition coefficient (Wildman–Crippen LogP) is 1.92. The first-order valence-electron chi connectivity index (χ1n) is 4.16. The molecule has 0 saturated carbocycles. The zero-order chi connectivity index (χ0) is 10.1. The average Bonchev–Trinajstić information content (AvgIpc) is 2.64. The fraction of sp³-hybridized carbons (Fsp3) is 0.200. The Kier molecular flexibility index (Phi) is 1.96. The third-order valence-electron chi connectivity index (χ3n) is 2.14. The van der Waals surface area contributed by atoms with Crippen molar-refractivity contribution in [3.63, 3.8) is 0 Å². The summed E-state index contributed by atoms with van der Waals surface area (Å²) in [7, 11) is 1.36. The van der Waals surface area contributed by atoms with Crippen molar-refractivity contribution in [3.05, 3.63) is 29.5 Å². The number of nitrogens with zero attached hydrogens (tertiary/aromatic N) is 1. The molecule has 0 aliphatic heterocycles. The van der Waals surface area contributed by atoms with E-state index < -0.39 is 0 Å². The first kappa shape index (κ1) is 8.74. The average molecular weight is 191 g/mol. The van der Waals surface area contributed by atoms with Gasteiger partial charge >= 0.3 is 5.97 Å². The minimum Gasteiger partial charge on any atom is -0.465 e. The van der Waals surface area contributed by atoms with E-state index in [1.807, 2.05) is 6.92 Å². The second-order valence-corrected chi connectivity index (χ2v) is 2.99. The van der Waals surface area contributed by atoms with E-state index in [1.54, 1.807) is 12.1 Å². The van der Waals surface area contributed by atoms with Gasteiger partial charge in [-0.15, -0.1) is 0 Å². The van der Waals surface area contributed by atoms with E-state index in [1.165, 1.54) is 13.3 Å². The van der Waals surface area contributed by atoms with Crippen LogP contribution in [0.5, 0.6) is 0 Å². The Bertz CT molecular complexity index is 487. The van der Waals surface area contributed by atoms with Crippen molar-refractivity contribution in [1.82, 2.24) is 5.16 Å². The van der Waals surface area contributed by atoms with E-state index >= 15 is 0 Å². The van der Waals surface area contributed by atoms with Gasteiger partial charge in [-0.1, -0.05) is 11.2 Å². The molecule has 0 amide bonds. The lowest BCUT2D eigenvalue weighted by molar-refractivity contribution is 0.0602. The number of benzene rings is 1. The quantitative estimate of drug-likeness (QED) is 0.646. The summed E-state index contributed by atoms with van der Waals surface area (Å²) in [5, 5.41) is 4.33. The molecule has 0 fully saturated rings. The van der Waals surface area contributed by atoms with Crippen LogP contribution < -0.4 is 0 Å². The van der Waals surface area contributed by atoms with Crippen LogP contribution in [0.25, 0.3) is 11.0 Å². The number of carbonyl (C=O) groups is 1. The Balaban J connectivity index is 2.76. The van der Waals surface area contributed by atoms with Crippen molar-refractivity contribution in [1.29, 1.82) is 0 Å². The third-order valence-corrected chi connectivity index (χ3v) is 2.14. The maximum absolute atomic E-state index is 11.5. The number of hydrogen-bond donors (Lipinski definition) is 0. The number of aromatic nitrogens is 1. The monoisotopic (exact) mass is 191 g/mol. The number of carbonyl (C=O) groups excluding carboxylic acids is 1. The van der Waals surface area contributed by atoms with Crippen LogP contribution in [0.15, 0.2) is 22.9 Å². The predicted molar refractivity (Wildman–Crippen MR) is 50.1 cm³/mol. The largest absolute Gasteiger partial charge is 0.465 e. The molecule has 2 rings (SSSR count). The molecule has 1 heterocycles. The fourth-order valence-electron chi connectivity index (χ4n) is 1.43. The van der Waals surface area contributed by atoms with E-state index in [9.17, 15) is 4.79 Å². The van der Waals surface area contributed by atoms with Gasteiger partial charge in [0, 0.05) is 0 Å². The summed E-state index contributed by atoms with van der Waals surface area (Å²) in [5.74, 6) is -0.365. The molecule has 1 aromatic heterocycles. The SMILES string of the molecule is COC(=O)c1c(C)ccc2oncc12. The number of ether oxygens (including phenoxy) is 1. The van der Waals surface area contributed by atoms with E-state index in [-0.39, 0.29) is 5.97 Å². The molecule has 0 N–H and O–H groups in total. The molecule has 0 saturated heterocycles. The molecule has 4 nitrogen and oxygen atoms in total. The second-order valence-electron chi connectivity index (χ2n) is 2.99. The number of fused-ring (bicyclic) bond motifs is 1. The highest BCUT2D eigenvalue weighted by molar-refractivity contribution is 6.04. The highest BCUT2D eigenvalue weighted by atomic mass is 16.5. The van der Waals surface area contributed by atoms with Crippen molar-refractivity contribution in [2.75, 3.05) is 7.11 Å². The van der Waals surface area contributed by atoms with Crippen molar-refractivity contribution < 1.29 is 14.1 Å². The fourth-order valence-corrected chi connectivity index (χ4v) is 1.43. The number of aryl methyl sites for hydroxylation is 1. The van der Waals surface area contributed by atoms with E-state index in [2.05, 4.69) is 9.89 Å². The van der Waals surface area contributed by atoms with Crippen LogP contribution in [0.2, 0.25) is 0 Å². The molecule has 72 valence electrons. The number of esters is 1. The molecule has 0 atom stereocenters. The van der Waals surface area contributed by atoms with Gasteiger partial charge in [0.1, 0.15) is 0 Å². The molecule has 0 aliphatic rings. The molecular weight excluding hydrogens is 182 g/mol. The Hall–Kier alpha value is -1.84. The van der Waals surface area contributed by atoms with Gasteiger partial charge < -0.3 is 9.26 Å². The van der Waals surface area contributed by atoms with Gasteiger partial charge in [0.05, 0.1) is 24.3 Å². The lowest BCUT2D eigenvalue weighted by Gasteiger charge is -2.03. The summed E-state index contributed by atoms with van der Waals surface area (Å²) >= 11 is 0. The minimum atomic E-state index is -0.365. The number of hydrogen-bond acceptors (Lipinski definition) is 4. The normalized spacial score (nSPS) is 10.4. The van der Waals surface area contributed by atoms with Crippen molar-refractivity contribution in [3.8, 4) is 0 Å². The summed E-state index contributed by atoms with van der Waals surface area (Å²) < 4.78 is 9.64. The molecule has 0 bridgehead atoms. The summed E-state index contributed by atoms with van der Waals surface area (Å²) in [6.45, 7) is 1.85. The van der Waals surface area contributed by atoms with Crippen LogP contribution >= 0.6 is 0 Å². The highest BCUT2D eigenvalue weighted by Gasteiger charge is 2.15. The molecule has 0 radical (unpaired) electrons. The second kappa shape index (κ2) is 3.14. The standard InChI is InChI=1S/C10H9NO3/c1-6-3-4-8-7(5-11-14-8)9(6)10(12)13-2/h3-5H,1-2H3. The Morgan fingerprint density at radius 2 is 2.29 bits per heavy atom. The molecule has 14 heavy (non-hydrogen) atoms. The van der Waals surface area contributed by atoms with Crippen molar-refractivity contribution in [2.45, 2.75) is 6.92 Å². The molecule has 0 aliphatic carbocycles. The topological polar surface area (TPSA) is 52.3 Å². The summed E-state index contributed by atoms with van der Waals surface area (Å²) in [4.78, 5) is 11.5. The van der Waals surface area contributed by atoms with Crippen LogP contribution in [0, 0.1) is 6.92 Å². The lowest BCUT2D eigenvalue weighted by Crippen LogP contribution is -2.03. The lowest BCUT2D eigenvalue weighted by atomic mass is 10.1. The zero-order valence-corrected chi connectivity index (χ0v) is 7.90. The van der Waals surface area contributed by atoms with E-state index in [0.29, 0.717) is 16.5 Å². The maximum Gasteiger partial charge on any atom is 0.338 e. The van der Waals surface area contributed by atoms with Gasteiger partial charge in [0.15, 0.2) is 5.58 Å². The summed E-state index contributed by atoms with van der Waals surface area (Å²) in [6, 6.07) is 3.59. The summed E-state index contributed by atoms with van der Waals surface area (Å²) in [5.41, 5.74) is 1.97. The molecule has 2 aromatic rings. The van der Waals surface area contributed by atoms with Gasteiger partial charge in [0.2, 0.25) is 0 Å². The van der Waals surface area contributed by atoms with Crippen LogP contribution in [-0.2, 0) is 4.74 Å².